The quantitative estimate of drug-likeness (QED) is 0.0442. The number of aromatic amines is 4. The average Bonchev–Trinajstić information content (AvgIpc) is 1.58. The van der Waals surface area contributed by atoms with Gasteiger partial charge in [0.2, 0.25) is 23.4 Å². The zero-order valence-electron chi connectivity index (χ0n) is 63.9. The number of aliphatic hydroxyl groups is 4. The van der Waals surface area contributed by atoms with Crippen molar-refractivity contribution in [1.29, 1.82) is 0 Å². The molecule has 4 aromatic heterocycles. The maximum Gasteiger partial charge on any atom is 0.530 e. The normalized spacial score (nSPS) is 33.6. The molecule has 52 heteroatoms. The number of halogens is 8. The van der Waals surface area contributed by atoms with Crippen LogP contribution in [0.15, 0.2) is 160 Å². The summed E-state index contributed by atoms with van der Waals surface area (Å²) in [4.78, 5) is 99.9. The van der Waals surface area contributed by atoms with Crippen molar-refractivity contribution < 1.29 is 155 Å². The Kier molecular flexibility index (Phi) is 21.8. The van der Waals surface area contributed by atoms with Crippen LogP contribution in [0.1, 0.15) is 81.0 Å². The molecule has 4 saturated heterocycles. The number of nitrogens with zero attached hydrogens (tertiary/aromatic N) is 4. The fourth-order valence-electron chi connectivity index (χ4n) is 11.4. The van der Waals surface area contributed by atoms with Crippen LogP contribution in [-0.4, -0.2) is 133 Å². The molecular weight excluding hydrogens is 1670 g/mol. The van der Waals surface area contributed by atoms with Gasteiger partial charge in [0.05, 0.1) is 34.7 Å². The predicted octanol–water partition coefficient (Wildman–Crippen LogP) is 5.42. The summed E-state index contributed by atoms with van der Waals surface area (Å²) in [5, 5.41) is 40.6. The molecule has 8 aromatic rings. The van der Waals surface area contributed by atoms with Crippen molar-refractivity contribution in [3.05, 3.63) is 251 Å². The fraction of sp³-hybridized carbons (Fsp3) is 0.375. The standard InChI is InChI=1S/4C16H15F2N2O8P/c4*17-10-1-2-12-9(5-10)7-25-29(24,28-12)26-8-16(18)6-11(21)14(27-16)20-4-3-13(22)19-15(20)23/h4*1-5,11,14,21H,6-8H2,(H,19,22,23)/t4*11-,14-,16+,29?/m1111/s1/i8D2,14D;14D;8D2;. The zero-order valence-corrected chi connectivity index (χ0v) is 61.5. The Balaban J connectivity index is 0.000000140. The largest absolute Gasteiger partial charge is 0.530 e. The molecular formula is C64H60F8N8O32P4. The van der Waals surface area contributed by atoms with Crippen LogP contribution in [0.5, 0.6) is 23.0 Å². The molecule has 16 atom stereocenters. The minimum Gasteiger partial charge on any atom is -0.404 e. The number of hydrogen-bond acceptors (Lipinski definition) is 32. The highest BCUT2D eigenvalue weighted by molar-refractivity contribution is 7.49. The lowest BCUT2D eigenvalue weighted by Crippen LogP contribution is -2.35. The fourth-order valence-corrected chi connectivity index (χ4v) is 16.1. The number of H-pyrrole nitrogens is 4. The minimum absolute atomic E-state index is 0.0286. The van der Waals surface area contributed by atoms with Crippen molar-refractivity contribution in [2.45, 2.75) is 125 Å². The van der Waals surface area contributed by atoms with Gasteiger partial charge >= 0.3 is 54.0 Å². The molecule has 4 fully saturated rings. The number of hydrogen-bond donors (Lipinski definition) is 8. The van der Waals surface area contributed by atoms with Crippen molar-refractivity contribution in [2.24, 2.45) is 0 Å². The molecule has 624 valence electrons. The molecule has 116 heavy (non-hydrogen) atoms. The van der Waals surface area contributed by atoms with Crippen LogP contribution in [0.3, 0.4) is 0 Å². The topological polar surface area (TPSA) is 516 Å². The third-order valence-corrected chi connectivity index (χ3v) is 21.7. The van der Waals surface area contributed by atoms with Crippen LogP contribution in [-0.2, 0) is 99.8 Å². The lowest BCUT2D eigenvalue weighted by atomic mass is 10.2. The van der Waals surface area contributed by atoms with E-state index in [2.05, 4.69) is 4.52 Å². The molecule has 40 nitrogen and oxygen atoms in total. The van der Waals surface area contributed by atoms with Gasteiger partial charge in [-0.3, -0.25) is 93.6 Å². The van der Waals surface area contributed by atoms with Crippen LogP contribution in [0, 0.1) is 23.3 Å². The molecule has 12 heterocycles. The molecule has 4 aromatic carbocycles. The van der Waals surface area contributed by atoms with Gasteiger partial charge in [-0.25, -0.2) is 72.6 Å². The summed E-state index contributed by atoms with van der Waals surface area (Å²) in [5.41, 5.74) is -6.37. The lowest BCUT2D eigenvalue weighted by molar-refractivity contribution is -0.179. The molecule has 4 unspecified atom stereocenters. The van der Waals surface area contributed by atoms with Crippen LogP contribution >= 0.6 is 31.3 Å². The third kappa shape index (κ3) is 19.7. The number of fused-ring (bicyclic) bond motifs is 4. The number of alkyl halides is 4. The van der Waals surface area contributed by atoms with Crippen molar-refractivity contribution in [2.75, 3.05) is 26.3 Å². The number of benzene rings is 4. The van der Waals surface area contributed by atoms with E-state index in [1.54, 1.807) is 4.98 Å². The van der Waals surface area contributed by atoms with Crippen molar-refractivity contribution in [3.8, 4) is 23.0 Å². The molecule has 8 aliphatic rings. The van der Waals surface area contributed by atoms with E-state index in [4.69, 9.17) is 76.9 Å². The van der Waals surface area contributed by atoms with E-state index < -0.39 is 237 Å². The van der Waals surface area contributed by atoms with Gasteiger partial charge in [-0.1, -0.05) is 0 Å². The van der Waals surface area contributed by atoms with Gasteiger partial charge in [0.25, 0.3) is 22.2 Å². The van der Waals surface area contributed by atoms with E-state index in [-0.39, 0.29) is 52.9 Å². The highest BCUT2D eigenvalue weighted by Gasteiger charge is 2.55. The van der Waals surface area contributed by atoms with Gasteiger partial charge in [0, 0.05) is 97.0 Å². The first-order chi connectivity index (χ1) is 56.9. The second-order valence-electron chi connectivity index (χ2n) is 25.3. The SMILES string of the molecule is O=c1ccn([C@@H]2O[C@](F)(COP3(=O)OCc4cc(F)ccc4O3)C[C@H]2O)c(=O)[nH]1.[2H]C([2H])(OP1(=O)OCc2cc(F)ccc2O1)[C@]1(F)C[C@@H](O)[C@H](n2ccc(=O)[nH]c2=O)O1.[2H]C([2H])(OP1(=O)OCc2cc(F)ccc2O1)[C@]1(F)C[C@@H](O)[C@]([2H])(n2ccc(=O)[nH]c2=O)O1.[2H][C@@]1(n2ccc(=O)[nH]c2=O)O[C@](F)(COP2(=O)OCc3cc(F)ccc3O2)C[C@H]1O. The maximum absolute atomic E-state index is 15.5. The van der Waals surface area contributed by atoms with Crippen LogP contribution in [0.4, 0.5) is 35.1 Å². The van der Waals surface area contributed by atoms with E-state index in [9.17, 15) is 94.6 Å². The van der Waals surface area contributed by atoms with E-state index in [0.717, 1.165) is 114 Å². The van der Waals surface area contributed by atoms with Gasteiger partial charge in [-0.05, 0) is 72.8 Å². The van der Waals surface area contributed by atoms with Crippen molar-refractivity contribution in [3.63, 3.8) is 0 Å². The van der Waals surface area contributed by atoms with Gasteiger partial charge in [-0.15, -0.1) is 0 Å². The number of phosphoric acid groups is 4. The maximum atomic E-state index is 15.5. The Bertz CT molecular complexity index is 6150. The first-order valence-corrected chi connectivity index (χ1v) is 38.8. The highest BCUT2D eigenvalue weighted by atomic mass is 31.2. The summed E-state index contributed by atoms with van der Waals surface area (Å²) in [7, 11) is -18.1. The number of aromatic nitrogens is 8. The van der Waals surface area contributed by atoms with E-state index in [1.807, 2.05) is 15.0 Å². The summed E-state index contributed by atoms with van der Waals surface area (Å²) in [6, 6.07) is 16.8. The molecule has 0 saturated carbocycles. The van der Waals surface area contributed by atoms with E-state index in [0.29, 0.717) is 19.3 Å². The monoisotopic (exact) mass is 1730 g/mol. The molecule has 0 radical (unpaired) electrons. The Morgan fingerprint density at radius 2 is 0.647 bits per heavy atom. The van der Waals surface area contributed by atoms with Gasteiger partial charge in [0.15, 0.2) is 24.9 Å². The van der Waals surface area contributed by atoms with E-state index >= 15 is 17.6 Å². The molecule has 0 amide bonds. The number of nitrogens with one attached hydrogen (secondary N) is 4. The molecule has 8 N–H and O–H groups in total. The van der Waals surface area contributed by atoms with Gasteiger partial charge in [0.1, 0.15) is 97.0 Å². The first-order valence-electron chi connectivity index (χ1n) is 36.0. The second-order valence-corrected chi connectivity index (χ2v) is 31.5. The Hall–Kier alpha value is -9.48. The minimum atomic E-state index is -4.80. The number of rotatable bonds is 16. The van der Waals surface area contributed by atoms with Crippen LogP contribution in [0.2, 0.25) is 0 Å². The molecule has 8 aliphatic heterocycles. The summed E-state index contributed by atoms with van der Waals surface area (Å²) < 4.78 is 294. The second kappa shape index (κ2) is 33.1. The molecule has 0 spiro atoms. The van der Waals surface area contributed by atoms with Crippen molar-refractivity contribution in [1.82, 2.24) is 38.2 Å². The van der Waals surface area contributed by atoms with E-state index in [1.165, 1.54) is 12.1 Å². The lowest BCUT2D eigenvalue weighted by Gasteiger charge is -2.27. The molecule has 16 rings (SSSR count). The predicted molar refractivity (Wildman–Crippen MR) is 365 cm³/mol. The molecule has 0 bridgehead atoms. The molecule has 0 aliphatic carbocycles. The Morgan fingerprint density at radius 1 is 0.388 bits per heavy atom. The Labute approximate surface area is 647 Å². The van der Waals surface area contributed by atoms with Crippen LogP contribution < -0.4 is 63.1 Å². The number of ether oxygens (including phenoxy) is 4. The third-order valence-electron chi connectivity index (χ3n) is 16.7. The first kappa shape index (κ1) is 76.5. The summed E-state index contributed by atoms with van der Waals surface area (Å²) in [6.07, 6.45) is -15.9. The summed E-state index contributed by atoms with van der Waals surface area (Å²) in [6.45, 7) is -10.7. The number of phosphoric ester groups is 4. The Morgan fingerprint density at radius 3 is 0.974 bits per heavy atom. The summed E-state index contributed by atoms with van der Waals surface area (Å²) >= 11 is 0. The smallest absolute Gasteiger partial charge is 0.404 e. The summed E-state index contributed by atoms with van der Waals surface area (Å²) in [5.74, 6) is -15.0. The highest BCUT2D eigenvalue weighted by Crippen LogP contribution is 2.60. The number of aliphatic hydroxyl groups excluding tert-OH is 4. The van der Waals surface area contributed by atoms with Gasteiger partial charge in [-0.2, -0.15) is 0 Å². The van der Waals surface area contributed by atoms with Gasteiger partial charge < -0.3 is 57.5 Å². The van der Waals surface area contributed by atoms with Crippen molar-refractivity contribution >= 4 is 31.3 Å². The van der Waals surface area contributed by atoms with Crippen LogP contribution in [0.25, 0.3) is 0 Å². The zero-order chi connectivity index (χ0) is 88.7. The average molecular weight is 1740 g/mol.